The molecule has 0 aliphatic heterocycles. The summed E-state index contributed by atoms with van der Waals surface area (Å²) in [4.78, 5) is 24.2. The van der Waals surface area contributed by atoms with E-state index in [2.05, 4.69) is 34.6 Å². The average Bonchev–Trinajstić information content (AvgIpc) is 3.36. The van der Waals surface area contributed by atoms with Crippen molar-refractivity contribution in [3.8, 4) is 0 Å². The van der Waals surface area contributed by atoms with Gasteiger partial charge in [0.25, 0.3) is 0 Å². The summed E-state index contributed by atoms with van der Waals surface area (Å²) in [6, 6.07) is 0. The molecule has 5 aliphatic rings. The highest BCUT2D eigenvalue weighted by atomic mass is 16.5. The van der Waals surface area contributed by atoms with Crippen LogP contribution in [-0.2, 0) is 14.3 Å². The lowest BCUT2D eigenvalue weighted by molar-refractivity contribution is -0.181. The van der Waals surface area contributed by atoms with Gasteiger partial charge in [-0.3, -0.25) is 9.59 Å². The van der Waals surface area contributed by atoms with E-state index < -0.39 is 0 Å². The fourth-order valence-corrected chi connectivity index (χ4v) is 11.6. The van der Waals surface area contributed by atoms with E-state index in [1.807, 2.05) is 13.8 Å². The minimum absolute atomic E-state index is 0.0791. The average molecular weight is 485 g/mol. The maximum Gasteiger partial charge on any atom is 0.302 e. The van der Waals surface area contributed by atoms with Crippen LogP contribution < -0.4 is 0 Å². The molecule has 5 saturated carbocycles. The number of carbonyl (C=O) groups excluding carboxylic acids is 2. The van der Waals surface area contributed by atoms with Crippen LogP contribution in [0.4, 0.5) is 0 Å². The number of hydrogen-bond acceptors (Lipinski definition) is 3. The highest BCUT2D eigenvalue weighted by Gasteiger charge is 2.82. The molecule has 35 heavy (non-hydrogen) atoms. The normalized spacial score (nSPS) is 48.3. The number of hydrogen-bond donors (Lipinski definition) is 0. The Labute approximate surface area is 214 Å². The van der Waals surface area contributed by atoms with Crippen LogP contribution in [0.25, 0.3) is 0 Å². The molecular formula is C32H52O3. The van der Waals surface area contributed by atoms with Gasteiger partial charge in [-0.1, -0.05) is 48.5 Å². The number of fused-ring (bicyclic) bond motifs is 2. The fraction of sp³-hybridized carbons (Fsp3) is 0.938. The maximum absolute atomic E-state index is 12.4. The van der Waals surface area contributed by atoms with Crippen molar-refractivity contribution in [1.82, 2.24) is 0 Å². The molecule has 5 rings (SSSR count). The van der Waals surface area contributed by atoms with E-state index in [0.717, 1.165) is 31.1 Å². The Balaban J connectivity index is 1.37. The lowest BCUT2D eigenvalue weighted by Gasteiger charge is -2.63. The van der Waals surface area contributed by atoms with Crippen molar-refractivity contribution in [2.75, 3.05) is 0 Å². The molecule has 0 aromatic rings. The molecule has 5 fully saturated rings. The van der Waals surface area contributed by atoms with Crippen molar-refractivity contribution in [2.45, 2.75) is 132 Å². The first-order chi connectivity index (χ1) is 16.3. The Hall–Kier alpha value is -0.860. The Bertz CT molecular complexity index is 889. The van der Waals surface area contributed by atoms with E-state index in [1.54, 1.807) is 6.92 Å². The van der Waals surface area contributed by atoms with Crippen LogP contribution >= 0.6 is 0 Å². The van der Waals surface area contributed by atoms with Gasteiger partial charge in [-0.25, -0.2) is 0 Å². The summed E-state index contributed by atoms with van der Waals surface area (Å²) in [7, 11) is 0. The molecule has 0 aromatic heterocycles. The Morgan fingerprint density at radius 1 is 0.829 bits per heavy atom. The van der Waals surface area contributed by atoms with Gasteiger partial charge in [-0.05, 0) is 110 Å². The molecule has 3 heteroatoms. The van der Waals surface area contributed by atoms with Gasteiger partial charge >= 0.3 is 5.97 Å². The first kappa shape index (κ1) is 25.8. The quantitative estimate of drug-likeness (QED) is 0.359. The predicted octanol–water partition coefficient (Wildman–Crippen LogP) is 8.00. The van der Waals surface area contributed by atoms with Gasteiger partial charge in [0.1, 0.15) is 11.9 Å². The van der Waals surface area contributed by atoms with E-state index in [9.17, 15) is 9.59 Å². The molecule has 5 aliphatic carbocycles. The number of ether oxygens (including phenoxy) is 1. The van der Waals surface area contributed by atoms with Crippen LogP contribution in [0.3, 0.4) is 0 Å². The number of rotatable bonds is 6. The molecule has 0 heterocycles. The molecule has 0 bridgehead atoms. The van der Waals surface area contributed by atoms with Crippen molar-refractivity contribution < 1.29 is 14.3 Å². The van der Waals surface area contributed by atoms with Crippen LogP contribution in [-0.4, -0.2) is 17.9 Å². The zero-order chi connectivity index (χ0) is 25.6. The number of ketones is 1. The highest BCUT2D eigenvalue weighted by molar-refractivity contribution is 5.80. The highest BCUT2D eigenvalue weighted by Crippen LogP contribution is 2.89. The van der Waals surface area contributed by atoms with Gasteiger partial charge < -0.3 is 4.74 Å². The second-order valence-electron chi connectivity index (χ2n) is 15.2. The molecular weight excluding hydrogens is 432 g/mol. The summed E-state index contributed by atoms with van der Waals surface area (Å²) in [6.07, 6.45) is 13.8. The second kappa shape index (κ2) is 8.07. The van der Waals surface area contributed by atoms with Crippen molar-refractivity contribution in [3.63, 3.8) is 0 Å². The van der Waals surface area contributed by atoms with Gasteiger partial charge in [0, 0.05) is 24.7 Å². The summed E-state index contributed by atoms with van der Waals surface area (Å²) in [5.74, 6) is 3.43. The zero-order valence-electron chi connectivity index (χ0n) is 24.0. The summed E-state index contributed by atoms with van der Waals surface area (Å²) in [6.45, 7) is 18.3. The standard InChI is InChI=1S/C32H52O3/c1-20(2)24(34)10-9-21(3)23-13-15-30(8)26-12-11-25-28(5,6)27(35-22(4)33)14-16-31(25)19-32(26,31)18-17-29(23,30)7/h20-21,23,25-27H,9-19H2,1-8H3/t21-,23+,25+,26+,27+,29-,30+,31-,32+/m1/s1. The molecule has 0 unspecified atom stereocenters. The molecule has 0 amide bonds. The second-order valence-corrected chi connectivity index (χ2v) is 15.2. The van der Waals surface area contributed by atoms with E-state index in [4.69, 9.17) is 4.74 Å². The van der Waals surface area contributed by atoms with E-state index in [0.29, 0.717) is 39.3 Å². The maximum atomic E-state index is 12.4. The lowest BCUT2D eigenvalue weighted by Crippen LogP contribution is -2.58. The third-order valence-electron chi connectivity index (χ3n) is 13.6. The van der Waals surface area contributed by atoms with Crippen LogP contribution in [0.15, 0.2) is 0 Å². The van der Waals surface area contributed by atoms with Crippen molar-refractivity contribution in [1.29, 1.82) is 0 Å². The zero-order valence-corrected chi connectivity index (χ0v) is 24.0. The third kappa shape index (κ3) is 3.34. The first-order valence-electron chi connectivity index (χ1n) is 15.0. The summed E-state index contributed by atoms with van der Waals surface area (Å²) in [5, 5.41) is 0. The number of carbonyl (C=O) groups is 2. The molecule has 3 nitrogen and oxygen atoms in total. The van der Waals surface area contributed by atoms with E-state index >= 15 is 0 Å². The molecule has 0 N–H and O–H groups in total. The van der Waals surface area contributed by atoms with Gasteiger partial charge in [0.05, 0.1) is 0 Å². The Morgan fingerprint density at radius 3 is 2.14 bits per heavy atom. The first-order valence-corrected chi connectivity index (χ1v) is 15.0. The van der Waals surface area contributed by atoms with Crippen molar-refractivity contribution in [2.24, 2.45) is 56.7 Å². The van der Waals surface area contributed by atoms with Crippen molar-refractivity contribution >= 4 is 11.8 Å². The molecule has 0 radical (unpaired) electrons. The largest absolute Gasteiger partial charge is 0.462 e. The topological polar surface area (TPSA) is 43.4 Å². The molecule has 198 valence electrons. The van der Waals surface area contributed by atoms with Crippen LogP contribution in [0.2, 0.25) is 0 Å². The van der Waals surface area contributed by atoms with Crippen LogP contribution in [0.5, 0.6) is 0 Å². The summed E-state index contributed by atoms with van der Waals surface area (Å²) in [5.41, 5.74) is 1.94. The number of Topliss-reactive ketones (excluding diaryl/α,β-unsaturated/α-hetero) is 1. The lowest BCUT2D eigenvalue weighted by atomic mass is 9.41. The Morgan fingerprint density at radius 2 is 1.49 bits per heavy atom. The van der Waals surface area contributed by atoms with Crippen molar-refractivity contribution in [3.05, 3.63) is 0 Å². The van der Waals surface area contributed by atoms with Gasteiger partial charge in [-0.15, -0.1) is 0 Å². The van der Waals surface area contributed by atoms with Gasteiger partial charge in [0.15, 0.2) is 0 Å². The third-order valence-corrected chi connectivity index (χ3v) is 13.6. The Kier molecular flexibility index (Phi) is 5.94. The van der Waals surface area contributed by atoms with E-state index in [-0.39, 0.29) is 23.4 Å². The molecule has 0 aromatic carbocycles. The fourth-order valence-electron chi connectivity index (χ4n) is 11.6. The summed E-state index contributed by atoms with van der Waals surface area (Å²) >= 11 is 0. The van der Waals surface area contributed by atoms with Crippen LogP contribution in [0, 0.1) is 56.7 Å². The molecule has 2 spiro atoms. The SMILES string of the molecule is CC(=O)O[C@H]1CC[C@]23C[C@]24CC[C@]2(C)[C@H]([C@H](C)CCC(=O)C(C)C)CC[C@@]2(C)[C@@H]4CC[C@H]3C1(C)C. The minimum atomic E-state index is -0.111. The molecule has 9 atom stereocenters. The minimum Gasteiger partial charge on any atom is -0.462 e. The monoisotopic (exact) mass is 484 g/mol. The smallest absolute Gasteiger partial charge is 0.302 e. The van der Waals surface area contributed by atoms with Crippen LogP contribution in [0.1, 0.15) is 126 Å². The summed E-state index contributed by atoms with van der Waals surface area (Å²) < 4.78 is 5.89. The van der Waals surface area contributed by atoms with Gasteiger partial charge in [0.2, 0.25) is 0 Å². The van der Waals surface area contributed by atoms with Gasteiger partial charge in [-0.2, -0.15) is 0 Å². The van der Waals surface area contributed by atoms with E-state index in [1.165, 1.54) is 51.4 Å². The number of esters is 1. The molecule has 0 saturated heterocycles. The predicted molar refractivity (Wildman–Crippen MR) is 141 cm³/mol.